The van der Waals surface area contributed by atoms with E-state index in [4.69, 9.17) is 15.9 Å². The van der Waals surface area contributed by atoms with Gasteiger partial charge < -0.3 is 0 Å². The summed E-state index contributed by atoms with van der Waals surface area (Å²) in [7, 11) is 0.695. The van der Waals surface area contributed by atoms with Gasteiger partial charge in [-0.3, -0.25) is 0 Å². The molecule has 1 aromatic rings. The Bertz CT molecular complexity index is 568. The molecule has 0 amide bonds. The number of hydrogen-bond donors (Lipinski definition) is 0. The van der Waals surface area contributed by atoms with Crippen molar-refractivity contribution in [3.05, 3.63) is 27.7 Å². The van der Waals surface area contributed by atoms with Crippen LogP contribution in [0.1, 0.15) is 17.6 Å². The van der Waals surface area contributed by atoms with E-state index in [9.17, 15) is 17.2 Å². The van der Waals surface area contributed by atoms with E-state index in [0.717, 1.165) is 12.1 Å². The van der Waals surface area contributed by atoms with Crippen LogP contribution in [-0.4, -0.2) is 8.42 Å². The molecule has 0 atom stereocenters. The van der Waals surface area contributed by atoms with Gasteiger partial charge in [0.2, 0.25) is 0 Å². The van der Waals surface area contributed by atoms with Gasteiger partial charge in [0.1, 0.15) is 0 Å². The zero-order valence-corrected chi connectivity index (χ0v) is 10.6. The first kappa shape index (κ1) is 13.4. The molecule has 86 valence electrons. The maximum Gasteiger partial charge on any atom is 0.266 e. The Morgan fingerprint density at radius 1 is 1.44 bits per heavy atom. The smallest absolute Gasteiger partial charge is 0.207 e. The van der Waals surface area contributed by atoms with Gasteiger partial charge in [0.05, 0.1) is 22.1 Å². The summed E-state index contributed by atoms with van der Waals surface area (Å²) < 4.78 is 47.6. The number of alkyl halides is 2. The Labute approximate surface area is 103 Å². The van der Waals surface area contributed by atoms with Crippen molar-refractivity contribution in [2.45, 2.75) is 11.3 Å². The monoisotopic (exact) mass is 329 g/mol. The van der Waals surface area contributed by atoms with Crippen molar-refractivity contribution in [2.75, 3.05) is 0 Å². The minimum absolute atomic E-state index is 0.188. The summed E-state index contributed by atoms with van der Waals surface area (Å²) in [6.45, 7) is 0. The second-order valence-electron chi connectivity index (χ2n) is 2.72. The summed E-state index contributed by atoms with van der Waals surface area (Å²) in [5.41, 5.74) is -1.30. The normalized spacial score (nSPS) is 11.5. The first-order valence-electron chi connectivity index (χ1n) is 3.73. The van der Waals surface area contributed by atoms with Crippen molar-refractivity contribution < 1.29 is 17.2 Å². The highest BCUT2D eigenvalue weighted by Gasteiger charge is 2.25. The van der Waals surface area contributed by atoms with Gasteiger partial charge in [-0.1, -0.05) is 15.9 Å². The van der Waals surface area contributed by atoms with E-state index in [-0.39, 0.29) is 4.47 Å². The number of rotatable bonds is 2. The molecule has 0 unspecified atom stereocenters. The summed E-state index contributed by atoms with van der Waals surface area (Å²) in [5.74, 6) is 0. The van der Waals surface area contributed by atoms with Gasteiger partial charge >= 0.3 is 0 Å². The summed E-state index contributed by atoms with van der Waals surface area (Å²) in [6.07, 6.45) is -3.09. The lowest BCUT2D eigenvalue weighted by Crippen LogP contribution is -2.02. The van der Waals surface area contributed by atoms with E-state index in [1.54, 1.807) is 0 Å². The lowest BCUT2D eigenvalue weighted by atomic mass is 10.1. The molecule has 0 bridgehead atoms. The van der Waals surface area contributed by atoms with Crippen molar-refractivity contribution in [1.82, 2.24) is 0 Å². The molecule has 0 aliphatic carbocycles. The molecule has 1 rings (SSSR count). The highest BCUT2D eigenvalue weighted by molar-refractivity contribution is 9.10. The number of nitrogens with zero attached hydrogens (tertiary/aromatic N) is 1. The molecule has 1 aromatic carbocycles. The molecule has 0 spiro atoms. The van der Waals surface area contributed by atoms with Crippen LogP contribution in [0.25, 0.3) is 0 Å². The van der Waals surface area contributed by atoms with E-state index in [0.29, 0.717) is 0 Å². The Balaban J connectivity index is 3.73. The quantitative estimate of drug-likeness (QED) is 0.783. The average molecular weight is 331 g/mol. The molecule has 8 heteroatoms. The zero-order chi connectivity index (χ0) is 12.5. The van der Waals surface area contributed by atoms with Crippen LogP contribution in [0.2, 0.25) is 0 Å². The van der Waals surface area contributed by atoms with Crippen molar-refractivity contribution in [3.63, 3.8) is 0 Å². The maximum absolute atomic E-state index is 12.6. The van der Waals surface area contributed by atoms with E-state index < -0.39 is 31.5 Å². The molecule has 0 aromatic heterocycles. The van der Waals surface area contributed by atoms with Gasteiger partial charge in [-0.05, 0) is 12.1 Å². The lowest BCUT2D eigenvalue weighted by Gasteiger charge is -2.08. The second-order valence-corrected chi connectivity index (χ2v) is 6.17. The number of nitriles is 1. The molecular weight excluding hydrogens is 328 g/mol. The summed E-state index contributed by atoms with van der Waals surface area (Å²) >= 11 is 2.91. The third-order valence-electron chi connectivity index (χ3n) is 1.71. The second kappa shape index (κ2) is 4.65. The van der Waals surface area contributed by atoms with Crippen LogP contribution in [0, 0.1) is 11.3 Å². The molecule has 0 aliphatic rings. The van der Waals surface area contributed by atoms with Crippen molar-refractivity contribution in [2.24, 2.45) is 0 Å². The van der Waals surface area contributed by atoms with Gasteiger partial charge in [-0.25, -0.2) is 17.2 Å². The van der Waals surface area contributed by atoms with Crippen molar-refractivity contribution in [3.8, 4) is 6.07 Å². The first-order chi connectivity index (χ1) is 7.27. The Morgan fingerprint density at radius 3 is 2.38 bits per heavy atom. The molecule has 16 heavy (non-hydrogen) atoms. The molecule has 0 aliphatic heterocycles. The standard InChI is InChI=1S/C8H3BrClF2NO2S/c9-5-1-4(3-13)7(8(11)12)6(2-5)16(10,14)15/h1-2,8H. The van der Waals surface area contributed by atoms with Crippen molar-refractivity contribution in [1.29, 1.82) is 5.26 Å². The van der Waals surface area contributed by atoms with Crippen LogP contribution in [0.15, 0.2) is 21.5 Å². The highest BCUT2D eigenvalue weighted by atomic mass is 79.9. The van der Waals surface area contributed by atoms with Crippen molar-refractivity contribution >= 4 is 35.7 Å². The third kappa shape index (κ3) is 2.70. The largest absolute Gasteiger partial charge is 0.266 e. The van der Waals surface area contributed by atoms with Crippen LogP contribution >= 0.6 is 26.6 Å². The molecule has 0 fully saturated rings. The Morgan fingerprint density at radius 2 is 2.00 bits per heavy atom. The van der Waals surface area contributed by atoms with E-state index in [2.05, 4.69) is 15.9 Å². The first-order valence-corrected chi connectivity index (χ1v) is 6.84. The highest BCUT2D eigenvalue weighted by Crippen LogP contribution is 2.34. The maximum atomic E-state index is 12.6. The third-order valence-corrected chi connectivity index (χ3v) is 3.53. The van der Waals surface area contributed by atoms with E-state index in [1.165, 1.54) is 6.07 Å². The lowest BCUT2D eigenvalue weighted by molar-refractivity contribution is 0.147. The predicted molar refractivity (Wildman–Crippen MR) is 56.9 cm³/mol. The predicted octanol–water partition coefficient (Wildman–Crippen LogP) is 3.19. The minimum atomic E-state index is -4.32. The van der Waals surface area contributed by atoms with Crippen LogP contribution < -0.4 is 0 Å². The van der Waals surface area contributed by atoms with E-state index >= 15 is 0 Å². The van der Waals surface area contributed by atoms with Gasteiger partial charge in [-0.2, -0.15) is 5.26 Å². The fourth-order valence-corrected chi connectivity index (χ4v) is 2.83. The molecule has 3 nitrogen and oxygen atoms in total. The summed E-state index contributed by atoms with van der Waals surface area (Å²) in [6, 6.07) is 3.54. The Kier molecular flexibility index (Phi) is 3.88. The zero-order valence-electron chi connectivity index (χ0n) is 7.42. The average Bonchev–Trinajstić information content (AvgIpc) is 2.14. The molecule has 0 heterocycles. The molecule has 0 saturated heterocycles. The SMILES string of the molecule is N#Cc1cc(Br)cc(S(=O)(=O)Cl)c1C(F)F. The fourth-order valence-electron chi connectivity index (χ4n) is 1.11. The summed E-state index contributed by atoms with van der Waals surface area (Å²) in [4.78, 5) is -0.755. The van der Waals surface area contributed by atoms with Crippen LogP contribution in [0.4, 0.5) is 8.78 Å². The molecule has 0 N–H and O–H groups in total. The molecule has 0 radical (unpaired) electrons. The Hall–Kier alpha value is -0.710. The van der Waals surface area contributed by atoms with Crippen LogP contribution in [0.3, 0.4) is 0 Å². The van der Waals surface area contributed by atoms with Crippen LogP contribution in [-0.2, 0) is 9.05 Å². The van der Waals surface area contributed by atoms with Crippen LogP contribution in [0.5, 0.6) is 0 Å². The van der Waals surface area contributed by atoms with Gasteiger partial charge in [0, 0.05) is 15.2 Å². The van der Waals surface area contributed by atoms with E-state index in [1.807, 2.05) is 0 Å². The molecule has 0 saturated carbocycles. The molecular formula is C8H3BrClF2NO2S. The summed E-state index contributed by atoms with van der Waals surface area (Å²) in [5, 5.41) is 8.64. The minimum Gasteiger partial charge on any atom is -0.207 e. The van der Waals surface area contributed by atoms with Gasteiger partial charge in [-0.15, -0.1) is 0 Å². The topological polar surface area (TPSA) is 57.9 Å². The van der Waals surface area contributed by atoms with Gasteiger partial charge in [0.25, 0.3) is 15.5 Å². The number of halogens is 4. The number of hydrogen-bond acceptors (Lipinski definition) is 3. The van der Waals surface area contributed by atoms with Gasteiger partial charge in [0.15, 0.2) is 0 Å². The fraction of sp³-hybridized carbons (Fsp3) is 0.125. The number of benzene rings is 1.